The number of carbonyl (C=O) groups excluding carboxylic acids is 2. The summed E-state index contributed by atoms with van der Waals surface area (Å²) in [6.07, 6.45) is 7.41. The minimum absolute atomic E-state index is 0.195. The predicted molar refractivity (Wildman–Crippen MR) is 80.3 cm³/mol. The zero-order valence-corrected chi connectivity index (χ0v) is 12.9. The van der Waals surface area contributed by atoms with Crippen LogP contribution in [0.1, 0.15) is 55.9 Å². The van der Waals surface area contributed by atoms with Crippen molar-refractivity contribution < 1.29 is 14.3 Å². The van der Waals surface area contributed by atoms with E-state index in [1.807, 2.05) is 0 Å². The molecule has 2 N–H and O–H groups in total. The highest BCUT2D eigenvalue weighted by Gasteiger charge is 2.22. The van der Waals surface area contributed by atoms with E-state index in [4.69, 9.17) is 16.3 Å². The quantitative estimate of drug-likeness (QED) is 0.663. The summed E-state index contributed by atoms with van der Waals surface area (Å²) >= 11 is 5.73. The Hall–Kier alpha value is -1.49. The normalized spacial score (nSPS) is 17.8. The van der Waals surface area contributed by atoms with Crippen LogP contribution in [0.15, 0.2) is 12.3 Å². The summed E-state index contributed by atoms with van der Waals surface area (Å²) < 4.78 is 5.14. The SMILES string of the molecule is CC(OC(=O)c1cc(Cl)c[nH]1)C(=O)NC1CCCCCC1. The van der Waals surface area contributed by atoms with Crippen LogP contribution < -0.4 is 5.32 Å². The van der Waals surface area contributed by atoms with Gasteiger partial charge >= 0.3 is 5.97 Å². The summed E-state index contributed by atoms with van der Waals surface area (Å²) in [5, 5.41) is 3.40. The number of amides is 1. The highest BCUT2D eigenvalue weighted by Crippen LogP contribution is 2.17. The maximum absolute atomic E-state index is 12.1. The average molecular weight is 313 g/mol. The molecule has 1 fully saturated rings. The number of halogens is 1. The Morgan fingerprint density at radius 3 is 2.57 bits per heavy atom. The molecule has 1 aromatic heterocycles. The third-order valence-corrected chi connectivity index (χ3v) is 3.94. The highest BCUT2D eigenvalue weighted by molar-refractivity contribution is 6.30. The molecule has 1 amide bonds. The Balaban J connectivity index is 1.82. The minimum Gasteiger partial charge on any atom is -0.448 e. The molecule has 2 rings (SSSR count). The van der Waals surface area contributed by atoms with E-state index in [1.165, 1.54) is 25.1 Å². The maximum atomic E-state index is 12.1. The number of hydrogen-bond donors (Lipinski definition) is 2. The van der Waals surface area contributed by atoms with E-state index in [-0.39, 0.29) is 17.6 Å². The molecule has 0 aromatic carbocycles. The van der Waals surface area contributed by atoms with Crippen LogP contribution in [0.4, 0.5) is 0 Å². The lowest BCUT2D eigenvalue weighted by Gasteiger charge is -2.19. The fourth-order valence-electron chi connectivity index (χ4n) is 2.51. The molecule has 21 heavy (non-hydrogen) atoms. The molecule has 1 aliphatic rings. The lowest BCUT2D eigenvalue weighted by Crippen LogP contribution is -2.41. The number of hydrogen-bond acceptors (Lipinski definition) is 3. The lowest BCUT2D eigenvalue weighted by atomic mass is 10.1. The van der Waals surface area contributed by atoms with Crippen molar-refractivity contribution in [2.75, 3.05) is 0 Å². The lowest BCUT2D eigenvalue weighted by molar-refractivity contribution is -0.129. The molecule has 1 atom stereocenters. The second-order valence-electron chi connectivity index (χ2n) is 5.48. The number of aromatic amines is 1. The molecular weight excluding hydrogens is 292 g/mol. The van der Waals surface area contributed by atoms with Crippen molar-refractivity contribution in [1.29, 1.82) is 0 Å². The van der Waals surface area contributed by atoms with Crippen molar-refractivity contribution in [3.63, 3.8) is 0 Å². The zero-order valence-electron chi connectivity index (χ0n) is 12.2. The van der Waals surface area contributed by atoms with Crippen LogP contribution in [-0.4, -0.2) is 29.0 Å². The van der Waals surface area contributed by atoms with E-state index in [1.54, 1.807) is 6.92 Å². The number of nitrogens with one attached hydrogen (secondary N) is 2. The largest absolute Gasteiger partial charge is 0.448 e. The molecule has 0 bridgehead atoms. The fourth-order valence-corrected chi connectivity index (χ4v) is 2.67. The first-order valence-corrected chi connectivity index (χ1v) is 7.79. The van der Waals surface area contributed by atoms with E-state index in [0.29, 0.717) is 5.02 Å². The fraction of sp³-hybridized carbons (Fsp3) is 0.600. The van der Waals surface area contributed by atoms with Crippen molar-refractivity contribution in [2.24, 2.45) is 0 Å². The molecule has 1 aromatic rings. The zero-order chi connectivity index (χ0) is 15.2. The van der Waals surface area contributed by atoms with E-state index >= 15 is 0 Å². The summed E-state index contributed by atoms with van der Waals surface area (Å²) in [5.41, 5.74) is 0.245. The number of ether oxygens (including phenoxy) is 1. The number of rotatable bonds is 4. The maximum Gasteiger partial charge on any atom is 0.355 e. The van der Waals surface area contributed by atoms with Crippen LogP contribution >= 0.6 is 11.6 Å². The molecular formula is C15H21ClN2O3. The molecule has 1 saturated carbocycles. The molecule has 0 spiro atoms. The van der Waals surface area contributed by atoms with Crippen molar-refractivity contribution in [1.82, 2.24) is 10.3 Å². The van der Waals surface area contributed by atoms with E-state index in [9.17, 15) is 9.59 Å². The Morgan fingerprint density at radius 1 is 1.33 bits per heavy atom. The van der Waals surface area contributed by atoms with Gasteiger partial charge in [-0.15, -0.1) is 0 Å². The van der Waals surface area contributed by atoms with Gasteiger partial charge in [-0.3, -0.25) is 4.79 Å². The molecule has 1 heterocycles. The van der Waals surface area contributed by atoms with Gasteiger partial charge in [0.05, 0.1) is 5.02 Å². The van der Waals surface area contributed by atoms with Crippen molar-refractivity contribution >= 4 is 23.5 Å². The van der Waals surface area contributed by atoms with Crippen molar-refractivity contribution in [3.05, 3.63) is 23.0 Å². The molecule has 0 radical (unpaired) electrons. The summed E-state index contributed by atoms with van der Waals surface area (Å²) in [6, 6.07) is 1.67. The van der Waals surface area contributed by atoms with Gasteiger partial charge in [0.15, 0.2) is 6.10 Å². The van der Waals surface area contributed by atoms with Gasteiger partial charge in [0, 0.05) is 12.2 Å². The minimum atomic E-state index is -0.817. The van der Waals surface area contributed by atoms with E-state index in [0.717, 1.165) is 25.7 Å². The smallest absolute Gasteiger partial charge is 0.355 e. The molecule has 0 aliphatic heterocycles. The summed E-state index contributed by atoms with van der Waals surface area (Å²) in [5.74, 6) is -0.821. The van der Waals surface area contributed by atoms with Gasteiger partial charge in [-0.1, -0.05) is 37.3 Å². The topological polar surface area (TPSA) is 71.2 Å². The van der Waals surface area contributed by atoms with Gasteiger partial charge in [-0.25, -0.2) is 4.79 Å². The molecule has 116 valence electrons. The predicted octanol–water partition coefficient (Wildman–Crippen LogP) is 3.05. The van der Waals surface area contributed by atoms with Crippen LogP contribution in [0, 0.1) is 0 Å². The molecule has 0 saturated heterocycles. The number of H-pyrrole nitrogens is 1. The molecule has 1 unspecified atom stereocenters. The second-order valence-corrected chi connectivity index (χ2v) is 5.91. The standard InChI is InChI=1S/C15H21ClN2O3/c1-10(21-15(20)13-8-11(16)9-17-13)14(19)18-12-6-4-2-3-5-7-12/h8-10,12,17H,2-7H2,1H3,(H,18,19). The molecule has 6 heteroatoms. The Labute approximate surface area is 129 Å². The first-order chi connectivity index (χ1) is 10.1. The van der Waals surface area contributed by atoms with Gasteiger partial charge in [0.2, 0.25) is 0 Å². The van der Waals surface area contributed by atoms with Crippen LogP contribution in [0.5, 0.6) is 0 Å². The first-order valence-electron chi connectivity index (χ1n) is 7.41. The Morgan fingerprint density at radius 2 is 2.00 bits per heavy atom. The highest BCUT2D eigenvalue weighted by atomic mass is 35.5. The molecule has 1 aliphatic carbocycles. The van der Waals surface area contributed by atoms with Gasteiger partial charge in [-0.2, -0.15) is 0 Å². The van der Waals surface area contributed by atoms with Gasteiger partial charge < -0.3 is 15.0 Å². The molecule has 5 nitrogen and oxygen atoms in total. The third kappa shape index (κ3) is 4.77. The number of carbonyl (C=O) groups is 2. The Kier molecular flexibility index (Phi) is 5.67. The average Bonchev–Trinajstić information content (AvgIpc) is 2.72. The van der Waals surface area contributed by atoms with Gasteiger partial charge in [0.1, 0.15) is 5.69 Å². The van der Waals surface area contributed by atoms with Gasteiger partial charge in [-0.05, 0) is 25.8 Å². The number of esters is 1. The van der Waals surface area contributed by atoms with Gasteiger partial charge in [0.25, 0.3) is 5.91 Å². The van der Waals surface area contributed by atoms with Crippen LogP contribution in [-0.2, 0) is 9.53 Å². The van der Waals surface area contributed by atoms with E-state index in [2.05, 4.69) is 10.3 Å². The summed E-state index contributed by atoms with van der Waals surface area (Å²) in [4.78, 5) is 26.6. The van der Waals surface area contributed by atoms with Crippen LogP contribution in [0.3, 0.4) is 0 Å². The van der Waals surface area contributed by atoms with Crippen LogP contribution in [0.2, 0.25) is 5.02 Å². The number of aromatic nitrogens is 1. The van der Waals surface area contributed by atoms with Crippen molar-refractivity contribution in [3.8, 4) is 0 Å². The third-order valence-electron chi connectivity index (χ3n) is 3.72. The van der Waals surface area contributed by atoms with Crippen LogP contribution in [0.25, 0.3) is 0 Å². The second kappa shape index (κ2) is 7.50. The van der Waals surface area contributed by atoms with Crippen molar-refractivity contribution in [2.45, 2.75) is 57.6 Å². The first kappa shape index (κ1) is 15.9. The van der Waals surface area contributed by atoms with E-state index < -0.39 is 12.1 Å². The summed E-state index contributed by atoms with van der Waals surface area (Å²) in [6.45, 7) is 1.58. The Bertz CT molecular complexity index is 493. The summed E-state index contributed by atoms with van der Waals surface area (Å²) in [7, 11) is 0. The monoisotopic (exact) mass is 312 g/mol.